The molecule has 0 saturated carbocycles. The average molecular weight is 361 g/mol. The van der Waals surface area contributed by atoms with E-state index >= 15 is 0 Å². The molecule has 2 heterocycles. The van der Waals surface area contributed by atoms with Gasteiger partial charge < -0.3 is 15.2 Å². The van der Waals surface area contributed by atoms with E-state index in [2.05, 4.69) is 25.4 Å². The Morgan fingerprint density at radius 2 is 1.78 bits per heavy atom. The van der Waals surface area contributed by atoms with E-state index < -0.39 is 0 Å². The van der Waals surface area contributed by atoms with Gasteiger partial charge in [0.25, 0.3) is 0 Å². The van der Waals surface area contributed by atoms with E-state index in [1.54, 1.807) is 0 Å². The molecule has 138 valence electrons. The summed E-state index contributed by atoms with van der Waals surface area (Å²) in [5, 5.41) is 14.5. The van der Waals surface area contributed by atoms with E-state index in [4.69, 9.17) is 0 Å². The molecule has 2 N–H and O–H groups in total. The Kier molecular flexibility index (Phi) is 4.87. The SMILES string of the molecule is Cc1ccccc1NC(=O)Nc1ccc(-c2nnc3n2CCCCC3)cc1. The van der Waals surface area contributed by atoms with Crippen molar-refractivity contribution in [3.63, 3.8) is 0 Å². The summed E-state index contributed by atoms with van der Waals surface area (Å²) in [4.78, 5) is 12.2. The summed E-state index contributed by atoms with van der Waals surface area (Å²) in [5.74, 6) is 1.98. The molecule has 3 aromatic rings. The number of benzene rings is 2. The number of aryl methyl sites for hydroxylation is 2. The lowest BCUT2D eigenvalue weighted by Gasteiger charge is -2.11. The number of rotatable bonds is 3. The topological polar surface area (TPSA) is 71.8 Å². The van der Waals surface area contributed by atoms with E-state index in [0.29, 0.717) is 0 Å². The molecule has 4 rings (SSSR count). The molecule has 1 aliphatic rings. The molecule has 2 amide bonds. The number of urea groups is 1. The Morgan fingerprint density at radius 3 is 2.59 bits per heavy atom. The van der Waals surface area contributed by atoms with Gasteiger partial charge in [-0.25, -0.2) is 4.79 Å². The van der Waals surface area contributed by atoms with E-state index in [0.717, 1.165) is 53.5 Å². The molecule has 1 aromatic heterocycles. The number of carbonyl (C=O) groups excluding carboxylic acids is 1. The molecule has 0 radical (unpaired) electrons. The van der Waals surface area contributed by atoms with Crippen LogP contribution in [0.5, 0.6) is 0 Å². The van der Waals surface area contributed by atoms with E-state index in [-0.39, 0.29) is 6.03 Å². The van der Waals surface area contributed by atoms with Crippen LogP contribution in [0.3, 0.4) is 0 Å². The maximum atomic E-state index is 12.2. The second-order valence-electron chi connectivity index (χ2n) is 6.87. The van der Waals surface area contributed by atoms with Crippen molar-refractivity contribution in [2.24, 2.45) is 0 Å². The highest BCUT2D eigenvalue weighted by molar-refractivity contribution is 6.00. The molecule has 6 nitrogen and oxygen atoms in total. The lowest BCUT2D eigenvalue weighted by molar-refractivity contribution is 0.262. The fourth-order valence-electron chi connectivity index (χ4n) is 3.40. The Labute approximate surface area is 158 Å². The van der Waals surface area contributed by atoms with Gasteiger partial charge in [-0.05, 0) is 55.7 Å². The number of amides is 2. The minimum absolute atomic E-state index is 0.256. The van der Waals surface area contributed by atoms with Gasteiger partial charge in [0.15, 0.2) is 5.82 Å². The fraction of sp³-hybridized carbons (Fsp3) is 0.286. The highest BCUT2D eigenvalue weighted by atomic mass is 16.2. The minimum Gasteiger partial charge on any atom is -0.311 e. The molecule has 2 aromatic carbocycles. The second kappa shape index (κ2) is 7.61. The molecule has 0 spiro atoms. The molecular weight excluding hydrogens is 338 g/mol. The summed E-state index contributed by atoms with van der Waals surface area (Å²) >= 11 is 0. The molecule has 27 heavy (non-hydrogen) atoms. The normalized spacial score (nSPS) is 13.5. The van der Waals surface area contributed by atoms with Gasteiger partial charge in [0.2, 0.25) is 0 Å². The summed E-state index contributed by atoms with van der Waals surface area (Å²) in [7, 11) is 0. The van der Waals surface area contributed by atoms with Crippen LogP contribution in [0.2, 0.25) is 0 Å². The fourth-order valence-corrected chi connectivity index (χ4v) is 3.40. The van der Waals surface area contributed by atoms with Gasteiger partial charge in [0, 0.05) is 29.9 Å². The van der Waals surface area contributed by atoms with Crippen molar-refractivity contribution in [2.75, 3.05) is 10.6 Å². The van der Waals surface area contributed by atoms with Crippen molar-refractivity contribution in [2.45, 2.75) is 39.2 Å². The van der Waals surface area contributed by atoms with Crippen molar-refractivity contribution in [1.29, 1.82) is 0 Å². The highest BCUT2D eigenvalue weighted by Crippen LogP contribution is 2.24. The molecule has 0 fully saturated rings. The number of hydrogen-bond donors (Lipinski definition) is 2. The van der Waals surface area contributed by atoms with Gasteiger partial charge in [-0.1, -0.05) is 24.6 Å². The minimum atomic E-state index is -0.256. The monoisotopic (exact) mass is 361 g/mol. The quantitative estimate of drug-likeness (QED) is 0.715. The molecule has 0 atom stereocenters. The molecular formula is C21H23N5O. The zero-order valence-electron chi connectivity index (χ0n) is 15.4. The van der Waals surface area contributed by atoms with E-state index in [9.17, 15) is 4.79 Å². The number of nitrogens with zero attached hydrogens (tertiary/aromatic N) is 3. The summed E-state index contributed by atoms with van der Waals surface area (Å²) in [6, 6.07) is 15.2. The van der Waals surface area contributed by atoms with Gasteiger partial charge in [-0.2, -0.15) is 0 Å². The lowest BCUT2D eigenvalue weighted by atomic mass is 10.2. The van der Waals surface area contributed by atoms with Crippen LogP contribution in [0.25, 0.3) is 11.4 Å². The summed E-state index contributed by atoms with van der Waals surface area (Å²) < 4.78 is 2.22. The molecule has 0 bridgehead atoms. The summed E-state index contributed by atoms with van der Waals surface area (Å²) in [6.07, 6.45) is 4.57. The van der Waals surface area contributed by atoms with Crippen LogP contribution in [-0.2, 0) is 13.0 Å². The molecule has 0 saturated heterocycles. The maximum Gasteiger partial charge on any atom is 0.323 e. The van der Waals surface area contributed by atoms with Crippen LogP contribution in [0.15, 0.2) is 48.5 Å². The van der Waals surface area contributed by atoms with Crippen LogP contribution < -0.4 is 10.6 Å². The smallest absolute Gasteiger partial charge is 0.311 e. The van der Waals surface area contributed by atoms with Crippen molar-refractivity contribution in [3.8, 4) is 11.4 Å². The van der Waals surface area contributed by atoms with Gasteiger partial charge in [-0.15, -0.1) is 10.2 Å². The summed E-state index contributed by atoms with van der Waals surface area (Å²) in [5.41, 5.74) is 3.58. The third kappa shape index (κ3) is 3.84. The van der Waals surface area contributed by atoms with Crippen LogP contribution in [-0.4, -0.2) is 20.8 Å². The maximum absolute atomic E-state index is 12.2. The first-order valence-electron chi connectivity index (χ1n) is 9.37. The Bertz CT molecular complexity index is 945. The number of hydrogen-bond acceptors (Lipinski definition) is 3. The van der Waals surface area contributed by atoms with Gasteiger partial charge >= 0.3 is 6.03 Å². The largest absolute Gasteiger partial charge is 0.323 e. The Hall–Kier alpha value is -3.15. The van der Waals surface area contributed by atoms with E-state index in [1.807, 2.05) is 55.5 Å². The molecule has 6 heteroatoms. The van der Waals surface area contributed by atoms with Crippen LogP contribution in [0.1, 0.15) is 30.7 Å². The van der Waals surface area contributed by atoms with Crippen molar-refractivity contribution in [3.05, 3.63) is 59.9 Å². The standard InChI is InChI=1S/C21H23N5O/c1-15-7-4-5-8-18(15)23-21(27)22-17-12-10-16(11-13-17)20-25-24-19-9-3-2-6-14-26(19)20/h4-5,7-8,10-13H,2-3,6,9,14H2,1H3,(H2,22,23,27). The van der Waals surface area contributed by atoms with Crippen LogP contribution >= 0.6 is 0 Å². The van der Waals surface area contributed by atoms with Crippen molar-refractivity contribution < 1.29 is 4.79 Å². The van der Waals surface area contributed by atoms with E-state index in [1.165, 1.54) is 12.8 Å². The predicted octanol–water partition coefficient (Wildman–Crippen LogP) is 4.62. The van der Waals surface area contributed by atoms with Crippen molar-refractivity contribution >= 4 is 17.4 Å². The lowest BCUT2D eigenvalue weighted by Crippen LogP contribution is -2.19. The number of aromatic nitrogens is 3. The zero-order chi connectivity index (χ0) is 18.6. The molecule has 0 unspecified atom stereocenters. The first kappa shape index (κ1) is 17.3. The van der Waals surface area contributed by atoms with Gasteiger partial charge in [0.05, 0.1) is 0 Å². The first-order valence-corrected chi connectivity index (χ1v) is 9.37. The van der Waals surface area contributed by atoms with Crippen LogP contribution in [0, 0.1) is 6.92 Å². The molecule has 1 aliphatic heterocycles. The number of carbonyl (C=O) groups is 1. The summed E-state index contributed by atoms with van der Waals surface area (Å²) in [6.45, 7) is 2.93. The second-order valence-corrected chi connectivity index (χ2v) is 6.87. The highest BCUT2D eigenvalue weighted by Gasteiger charge is 2.16. The van der Waals surface area contributed by atoms with Crippen LogP contribution in [0.4, 0.5) is 16.2 Å². The number of fused-ring (bicyclic) bond motifs is 1. The molecule has 0 aliphatic carbocycles. The number of para-hydroxylation sites is 1. The Balaban J connectivity index is 1.46. The van der Waals surface area contributed by atoms with Gasteiger partial charge in [-0.3, -0.25) is 0 Å². The third-order valence-corrected chi connectivity index (χ3v) is 4.90. The van der Waals surface area contributed by atoms with Crippen molar-refractivity contribution in [1.82, 2.24) is 14.8 Å². The number of nitrogens with one attached hydrogen (secondary N) is 2. The van der Waals surface area contributed by atoms with Gasteiger partial charge in [0.1, 0.15) is 5.82 Å². The predicted molar refractivity (Wildman–Crippen MR) is 107 cm³/mol. The first-order chi connectivity index (χ1) is 13.2. The third-order valence-electron chi connectivity index (χ3n) is 4.90. The zero-order valence-corrected chi connectivity index (χ0v) is 15.4. The Morgan fingerprint density at radius 1 is 0.963 bits per heavy atom. The number of anilines is 2. The average Bonchev–Trinajstić information content (AvgIpc) is 2.92.